The summed E-state index contributed by atoms with van der Waals surface area (Å²) in [6, 6.07) is 9.98. The summed E-state index contributed by atoms with van der Waals surface area (Å²) in [5, 5.41) is 5.81. The first-order chi connectivity index (χ1) is 13.9. The maximum atomic E-state index is 12.2. The number of Topliss-reactive ketones (excluding diaryl/α,β-unsaturated/α-hetero) is 1. The van der Waals surface area contributed by atoms with E-state index < -0.39 is 0 Å². The van der Waals surface area contributed by atoms with E-state index in [1.807, 2.05) is 0 Å². The van der Waals surface area contributed by atoms with Crippen molar-refractivity contribution in [3.05, 3.63) is 57.4 Å². The number of carbonyl (C=O) groups excluding carboxylic acids is 2. The van der Waals surface area contributed by atoms with Gasteiger partial charge in [-0.2, -0.15) is 0 Å². The molecule has 0 saturated carbocycles. The Balaban J connectivity index is 1.62. The Morgan fingerprint density at radius 1 is 1.10 bits per heavy atom. The standard InChI is InChI=1S/C20H16Cl2N2O4S/c1-11(25)12-4-6-17(18(8-12)27-2)28-9-19(26)24-20-23-16(10-29-20)13-3-5-14(21)15(22)7-13/h3-8,10H,9H2,1-2H3,(H,23,24,26). The van der Waals surface area contributed by atoms with Gasteiger partial charge in [-0.25, -0.2) is 4.98 Å². The number of rotatable bonds is 7. The molecule has 3 aromatic rings. The third kappa shape index (κ3) is 5.26. The van der Waals surface area contributed by atoms with Crippen molar-refractivity contribution >= 4 is 51.4 Å². The number of anilines is 1. The van der Waals surface area contributed by atoms with Crippen LogP contribution in [0, 0.1) is 0 Å². The van der Waals surface area contributed by atoms with Crippen LogP contribution in [-0.4, -0.2) is 30.4 Å². The molecule has 0 atom stereocenters. The highest BCUT2D eigenvalue weighted by Crippen LogP contribution is 2.31. The van der Waals surface area contributed by atoms with Crippen LogP contribution in [0.25, 0.3) is 11.3 Å². The van der Waals surface area contributed by atoms with E-state index in [4.69, 9.17) is 32.7 Å². The SMILES string of the molecule is COc1cc(C(C)=O)ccc1OCC(=O)Nc1nc(-c2ccc(Cl)c(Cl)c2)cs1. The number of halogens is 2. The normalized spacial score (nSPS) is 10.5. The number of amides is 1. The van der Waals surface area contributed by atoms with Gasteiger partial charge in [-0.05, 0) is 37.3 Å². The van der Waals surface area contributed by atoms with Crippen LogP contribution in [0.5, 0.6) is 11.5 Å². The van der Waals surface area contributed by atoms with Crippen molar-refractivity contribution in [2.45, 2.75) is 6.92 Å². The fourth-order valence-electron chi connectivity index (χ4n) is 2.42. The number of thiazole rings is 1. The average molecular weight is 451 g/mol. The predicted molar refractivity (Wildman–Crippen MR) is 115 cm³/mol. The Hall–Kier alpha value is -2.61. The summed E-state index contributed by atoms with van der Waals surface area (Å²) in [7, 11) is 1.46. The van der Waals surface area contributed by atoms with E-state index in [1.54, 1.807) is 41.8 Å². The topological polar surface area (TPSA) is 77.5 Å². The number of hydrogen-bond donors (Lipinski definition) is 1. The van der Waals surface area contributed by atoms with Crippen LogP contribution >= 0.6 is 34.5 Å². The van der Waals surface area contributed by atoms with Crippen LogP contribution in [0.3, 0.4) is 0 Å². The van der Waals surface area contributed by atoms with Gasteiger partial charge in [-0.15, -0.1) is 11.3 Å². The molecule has 0 aliphatic rings. The van der Waals surface area contributed by atoms with Crippen molar-refractivity contribution in [2.24, 2.45) is 0 Å². The lowest BCUT2D eigenvalue weighted by Crippen LogP contribution is -2.20. The van der Waals surface area contributed by atoms with Crippen molar-refractivity contribution in [2.75, 3.05) is 19.0 Å². The second-order valence-corrected chi connectivity index (χ2v) is 7.60. The average Bonchev–Trinajstić information content (AvgIpc) is 3.16. The minimum Gasteiger partial charge on any atom is -0.493 e. The van der Waals surface area contributed by atoms with Gasteiger partial charge in [0.1, 0.15) is 0 Å². The lowest BCUT2D eigenvalue weighted by atomic mass is 10.1. The number of hydrogen-bond acceptors (Lipinski definition) is 6. The van der Waals surface area contributed by atoms with Gasteiger partial charge in [0.15, 0.2) is 29.0 Å². The van der Waals surface area contributed by atoms with E-state index in [-0.39, 0.29) is 18.3 Å². The highest BCUT2D eigenvalue weighted by molar-refractivity contribution is 7.14. The molecule has 0 aliphatic heterocycles. The first-order valence-electron chi connectivity index (χ1n) is 8.40. The van der Waals surface area contributed by atoms with Crippen LogP contribution in [0.2, 0.25) is 10.0 Å². The summed E-state index contributed by atoms with van der Waals surface area (Å²) in [5.74, 6) is 0.275. The third-order valence-corrected chi connectivity index (χ3v) is 5.39. The van der Waals surface area contributed by atoms with E-state index in [9.17, 15) is 9.59 Å². The van der Waals surface area contributed by atoms with Crippen LogP contribution in [0.15, 0.2) is 41.8 Å². The number of ether oxygens (including phenoxy) is 2. The molecule has 1 amide bonds. The van der Waals surface area contributed by atoms with Gasteiger partial charge in [0.2, 0.25) is 0 Å². The molecular weight excluding hydrogens is 435 g/mol. The summed E-state index contributed by atoms with van der Waals surface area (Å²) < 4.78 is 10.7. The minimum atomic E-state index is -0.377. The number of nitrogens with zero attached hydrogens (tertiary/aromatic N) is 1. The zero-order valence-corrected chi connectivity index (χ0v) is 17.8. The Morgan fingerprint density at radius 2 is 1.90 bits per heavy atom. The van der Waals surface area contributed by atoms with Crippen LogP contribution in [-0.2, 0) is 4.79 Å². The second-order valence-electron chi connectivity index (χ2n) is 5.93. The van der Waals surface area contributed by atoms with Crippen molar-refractivity contribution in [1.82, 2.24) is 4.98 Å². The molecular formula is C20H16Cl2N2O4S. The van der Waals surface area contributed by atoms with Crippen molar-refractivity contribution < 1.29 is 19.1 Å². The van der Waals surface area contributed by atoms with Gasteiger partial charge < -0.3 is 9.47 Å². The number of methoxy groups -OCH3 is 1. The van der Waals surface area contributed by atoms with Crippen molar-refractivity contribution in [3.63, 3.8) is 0 Å². The molecule has 9 heteroatoms. The number of aromatic nitrogens is 1. The minimum absolute atomic E-state index is 0.0888. The Morgan fingerprint density at radius 3 is 2.59 bits per heavy atom. The first kappa shape index (κ1) is 21.1. The molecule has 29 heavy (non-hydrogen) atoms. The zero-order valence-electron chi connectivity index (χ0n) is 15.5. The monoisotopic (exact) mass is 450 g/mol. The molecule has 0 saturated heterocycles. The van der Waals surface area contributed by atoms with Gasteiger partial charge >= 0.3 is 0 Å². The van der Waals surface area contributed by atoms with E-state index in [0.29, 0.717) is 37.9 Å². The fourth-order valence-corrected chi connectivity index (χ4v) is 3.46. The maximum absolute atomic E-state index is 12.2. The Bertz CT molecular complexity index is 1070. The Kier molecular flexibility index (Phi) is 6.74. The first-order valence-corrected chi connectivity index (χ1v) is 10.0. The van der Waals surface area contributed by atoms with Crippen LogP contribution in [0.1, 0.15) is 17.3 Å². The zero-order chi connectivity index (χ0) is 21.0. The fraction of sp³-hybridized carbons (Fsp3) is 0.150. The maximum Gasteiger partial charge on any atom is 0.264 e. The number of carbonyl (C=O) groups is 2. The van der Waals surface area contributed by atoms with Crippen LogP contribution < -0.4 is 14.8 Å². The van der Waals surface area contributed by atoms with Gasteiger partial charge in [0.25, 0.3) is 5.91 Å². The summed E-state index contributed by atoms with van der Waals surface area (Å²) in [5.41, 5.74) is 1.96. The highest BCUT2D eigenvalue weighted by atomic mass is 35.5. The summed E-state index contributed by atoms with van der Waals surface area (Å²) in [6.07, 6.45) is 0. The largest absolute Gasteiger partial charge is 0.493 e. The molecule has 0 fully saturated rings. The molecule has 0 unspecified atom stereocenters. The van der Waals surface area contributed by atoms with E-state index in [0.717, 1.165) is 5.56 Å². The molecule has 0 radical (unpaired) electrons. The molecule has 1 N–H and O–H groups in total. The number of nitrogens with one attached hydrogen (secondary N) is 1. The molecule has 1 heterocycles. The second kappa shape index (κ2) is 9.26. The number of ketones is 1. The van der Waals surface area contributed by atoms with Crippen molar-refractivity contribution in [1.29, 1.82) is 0 Å². The molecule has 6 nitrogen and oxygen atoms in total. The van der Waals surface area contributed by atoms with Gasteiger partial charge in [0, 0.05) is 16.5 Å². The number of benzene rings is 2. The third-order valence-electron chi connectivity index (χ3n) is 3.89. The van der Waals surface area contributed by atoms with E-state index >= 15 is 0 Å². The summed E-state index contributed by atoms with van der Waals surface area (Å²) in [6.45, 7) is 1.22. The quantitative estimate of drug-likeness (QED) is 0.491. The molecule has 1 aromatic heterocycles. The molecule has 0 bridgehead atoms. The lowest BCUT2D eigenvalue weighted by Gasteiger charge is -2.11. The van der Waals surface area contributed by atoms with Gasteiger partial charge in [-0.3, -0.25) is 14.9 Å². The van der Waals surface area contributed by atoms with E-state index in [2.05, 4.69) is 10.3 Å². The predicted octanol–water partition coefficient (Wildman–Crippen LogP) is 5.35. The molecule has 0 aliphatic carbocycles. The molecule has 150 valence electrons. The highest BCUT2D eigenvalue weighted by Gasteiger charge is 2.13. The van der Waals surface area contributed by atoms with E-state index in [1.165, 1.54) is 25.4 Å². The summed E-state index contributed by atoms with van der Waals surface area (Å²) >= 11 is 13.2. The molecule has 0 spiro atoms. The lowest BCUT2D eigenvalue weighted by molar-refractivity contribution is -0.118. The van der Waals surface area contributed by atoms with Crippen molar-refractivity contribution in [3.8, 4) is 22.8 Å². The Labute approximate surface area is 181 Å². The summed E-state index contributed by atoms with van der Waals surface area (Å²) in [4.78, 5) is 28.0. The van der Waals surface area contributed by atoms with Crippen LogP contribution in [0.4, 0.5) is 5.13 Å². The smallest absolute Gasteiger partial charge is 0.264 e. The van der Waals surface area contributed by atoms with Gasteiger partial charge in [0.05, 0.1) is 22.8 Å². The molecule has 3 rings (SSSR count). The molecule has 2 aromatic carbocycles. The van der Waals surface area contributed by atoms with Gasteiger partial charge in [-0.1, -0.05) is 29.3 Å².